The van der Waals surface area contributed by atoms with E-state index >= 15 is 0 Å². The Hall–Kier alpha value is -2.51. The summed E-state index contributed by atoms with van der Waals surface area (Å²) in [7, 11) is 0. The van der Waals surface area contributed by atoms with E-state index < -0.39 is 0 Å². The van der Waals surface area contributed by atoms with E-state index in [1.54, 1.807) is 0 Å². The maximum atomic E-state index is 12.5. The van der Waals surface area contributed by atoms with Crippen molar-refractivity contribution in [3.63, 3.8) is 0 Å². The fourth-order valence-electron chi connectivity index (χ4n) is 4.13. The SMILES string of the molecule is Cc1sc2nc(CCC(=O)NCC(c3ccccc3)N3CCCC3)[nH]c(=O)c2c1C. The van der Waals surface area contributed by atoms with Crippen LogP contribution in [0, 0.1) is 13.8 Å². The Labute approximate surface area is 180 Å². The summed E-state index contributed by atoms with van der Waals surface area (Å²) >= 11 is 1.53. The molecule has 0 bridgehead atoms. The molecule has 2 aromatic heterocycles. The zero-order chi connectivity index (χ0) is 21.1. The number of benzene rings is 1. The van der Waals surface area contributed by atoms with Gasteiger partial charge in [0.1, 0.15) is 10.7 Å². The minimum atomic E-state index is -0.115. The van der Waals surface area contributed by atoms with E-state index in [-0.39, 0.29) is 17.5 Å². The number of H-pyrrole nitrogens is 1. The quantitative estimate of drug-likeness (QED) is 0.609. The van der Waals surface area contributed by atoms with Crippen molar-refractivity contribution in [2.45, 2.75) is 45.6 Å². The van der Waals surface area contributed by atoms with Crippen LogP contribution in [-0.2, 0) is 11.2 Å². The van der Waals surface area contributed by atoms with E-state index in [0.717, 1.165) is 28.4 Å². The van der Waals surface area contributed by atoms with Gasteiger partial charge in [-0.3, -0.25) is 14.5 Å². The fourth-order valence-corrected chi connectivity index (χ4v) is 5.18. The monoisotopic (exact) mass is 424 g/mol. The molecule has 6 nitrogen and oxygen atoms in total. The molecule has 0 aliphatic carbocycles. The average molecular weight is 425 g/mol. The number of rotatable bonds is 7. The third-order valence-electron chi connectivity index (χ3n) is 5.94. The fraction of sp³-hybridized carbons (Fsp3) is 0.435. The van der Waals surface area contributed by atoms with Crippen LogP contribution in [0.25, 0.3) is 10.2 Å². The minimum Gasteiger partial charge on any atom is -0.354 e. The van der Waals surface area contributed by atoms with Crippen LogP contribution in [0.15, 0.2) is 35.1 Å². The predicted molar refractivity (Wildman–Crippen MR) is 121 cm³/mol. The zero-order valence-corrected chi connectivity index (χ0v) is 18.3. The van der Waals surface area contributed by atoms with E-state index in [1.807, 2.05) is 32.0 Å². The first-order valence-corrected chi connectivity index (χ1v) is 11.4. The third kappa shape index (κ3) is 4.47. The summed E-state index contributed by atoms with van der Waals surface area (Å²) < 4.78 is 0. The number of aromatic nitrogens is 2. The van der Waals surface area contributed by atoms with Crippen molar-refractivity contribution in [1.82, 2.24) is 20.2 Å². The van der Waals surface area contributed by atoms with Crippen molar-refractivity contribution in [2.75, 3.05) is 19.6 Å². The summed E-state index contributed by atoms with van der Waals surface area (Å²) in [6.07, 6.45) is 3.15. The number of amides is 1. The Kier molecular flexibility index (Phi) is 6.29. The molecule has 1 aliphatic rings. The molecule has 1 amide bonds. The summed E-state index contributed by atoms with van der Waals surface area (Å²) in [4.78, 5) is 36.7. The third-order valence-corrected chi connectivity index (χ3v) is 7.04. The summed E-state index contributed by atoms with van der Waals surface area (Å²) in [6, 6.07) is 10.6. The first-order chi connectivity index (χ1) is 14.5. The predicted octanol–water partition coefficient (Wildman–Crippen LogP) is 3.49. The van der Waals surface area contributed by atoms with Crippen molar-refractivity contribution >= 4 is 27.5 Å². The topological polar surface area (TPSA) is 78.1 Å². The number of nitrogens with zero attached hydrogens (tertiary/aromatic N) is 2. The second-order valence-electron chi connectivity index (χ2n) is 7.95. The summed E-state index contributed by atoms with van der Waals surface area (Å²) in [5.41, 5.74) is 2.11. The maximum Gasteiger partial charge on any atom is 0.259 e. The molecule has 3 aromatic rings. The number of aromatic amines is 1. The van der Waals surface area contributed by atoms with Crippen molar-refractivity contribution < 1.29 is 4.79 Å². The van der Waals surface area contributed by atoms with E-state index in [2.05, 4.69) is 32.3 Å². The van der Waals surface area contributed by atoms with Crippen LogP contribution in [0.5, 0.6) is 0 Å². The Morgan fingerprint density at radius 2 is 1.97 bits per heavy atom. The van der Waals surface area contributed by atoms with Crippen molar-refractivity contribution in [3.05, 3.63) is 62.5 Å². The highest BCUT2D eigenvalue weighted by atomic mass is 32.1. The van der Waals surface area contributed by atoms with Gasteiger partial charge < -0.3 is 10.3 Å². The van der Waals surface area contributed by atoms with Crippen molar-refractivity contribution in [1.29, 1.82) is 0 Å². The molecule has 0 radical (unpaired) electrons. The Balaban J connectivity index is 1.38. The molecule has 7 heteroatoms. The number of hydrogen-bond donors (Lipinski definition) is 2. The van der Waals surface area contributed by atoms with Crippen molar-refractivity contribution in [3.8, 4) is 0 Å². The van der Waals surface area contributed by atoms with Crippen LogP contribution in [0.4, 0.5) is 0 Å². The largest absolute Gasteiger partial charge is 0.354 e. The maximum absolute atomic E-state index is 12.5. The van der Waals surface area contributed by atoms with Gasteiger partial charge in [0.15, 0.2) is 0 Å². The van der Waals surface area contributed by atoms with E-state index in [0.29, 0.717) is 30.6 Å². The van der Waals surface area contributed by atoms with Crippen LogP contribution in [0.1, 0.15) is 47.1 Å². The van der Waals surface area contributed by atoms with Gasteiger partial charge in [0.25, 0.3) is 5.56 Å². The molecule has 2 N–H and O–H groups in total. The smallest absolute Gasteiger partial charge is 0.259 e. The highest BCUT2D eigenvalue weighted by Crippen LogP contribution is 2.26. The lowest BCUT2D eigenvalue weighted by Crippen LogP contribution is -2.37. The summed E-state index contributed by atoms with van der Waals surface area (Å²) in [6.45, 7) is 6.68. The van der Waals surface area contributed by atoms with Gasteiger partial charge in [0, 0.05) is 24.3 Å². The van der Waals surface area contributed by atoms with Gasteiger partial charge in [0.05, 0.1) is 11.4 Å². The minimum absolute atomic E-state index is 0.0172. The van der Waals surface area contributed by atoms with Gasteiger partial charge >= 0.3 is 0 Å². The molecule has 4 rings (SSSR count). The van der Waals surface area contributed by atoms with E-state index in [4.69, 9.17) is 0 Å². The van der Waals surface area contributed by atoms with Crippen LogP contribution in [0.2, 0.25) is 0 Å². The second-order valence-corrected chi connectivity index (χ2v) is 9.15. The van der Waals surface area contributed by atoms with Crippen LogP contribution in [0.3, 0.4) is 0 Å². The molecule has 1 unspecified atom stereocenters. The first kappa shape index (κ1) is 20.8. The van der Waals surface area contributed by atoms with E-state index in [1.165, 1.54) is 29.7 Å². The molecule has 1 aromatic carbocycles. The normalized spacial score (nSPS) is 15.5. The van der Waals surface area contributed by atoms with Gasteiger partial charge in [-0.2, -0.15) is 0 Å². The van der Waals surface area contributed by atoms with Gasteiger partial charge in [-0.15, -0.1) is 11.3 Å². The molecule has 1 aliphatic heterocycles. The second kappa shape index (κ2) is 9.10. The zero-order valence-electron chi connectivity index (χ0n) is 17.5. The number of likely N-dealkylation sites (tertiary alicyclic amines) is 1. The number of carbonyl (C=O) groups is 1. The Bertz CT molecular complexity index is 1080. The molecular formula is C23H28N4O2S. The molecule has 158 valence electrons. The highest BCUT2D eigenvalue weighted by Gasteiger charge is 2.23. The van der Waals surface area contributed by atoms with Gasteiger partial charge in [-0.1, -0.05) is 30.3 Å². The van der Waals surface area contributed by atoms with Crippen molar-refractivity contribution in [2.24, 2.45) is 0 Å². The molecule has 30 heavy (non-hydrogen) atoms. The molecule has 1 fully saturated rings. The van der Waals surface area contributed by atoms with Crippen LogP contribution < -0.4 is 10.9 Å². The highest BCUT2D eigenvalue weighted by molar-refractivity contribution is 7.18. The van der Waals surface area contributed by atoms with Gasteiger partial charge in [-0.25, -0.2) is 4.98 Å². The number of carbonyl (C=O) groups excluding carboxylic acids is 1. The molecule has 0 spiro atoms. The number of aryl methyl sites for hydroxylation is 3. The standard InChI is InChI=1S/C23H28N4O2S/c1-15-16(2)30-23-21(15)22(29)25-19(26-23)10-11-20(28)24-14-18(27-12-6-7-13-27)17-8-4-3-5-9-17/h3-5,8-9,18H,6-7,10-14H2,1-2H3,(H,24,28)(H,25,26,29). The van der Waals surface area contributed by atoms with Gasteiger partial charge in [-0.05, 0) is 50.9 Å². The van der Waals surface area contributed by atoms with Crippen LogP contribution in [-0.4, -0.2) is 40.4 Å². The lowest BCUT2D eigenvalue weighted by Gasteiger charge is -2.28. The summed E-state index contributed by atoms with van der Waals surface area (Å²) in [5, 5.41) is 3.76. The molecule has 1 saturated heterocycles. The number of hydrogen-bond acceptors (Lipinski definition) is 5. The molecular weight excluding hydrogens is 396 g/mol. The lowest BCUT2D eigenvalue weighted by atomic mass is 10.1. The number of thiophene rings is 1. The van der Waals surface area contributed by atoms with E-state index in [9.17, 15) is 9.59 Å². The number of nitrogens with one attached hydrogen (secondary N) is 2. The lowest BCUT2D eigenvalue weighted by molar-refractivity contribution is -0.121. The summed E-state index contributed by atoms with van der Waals surface area (Å²) in [5.74, 6) is 0.555. The first-order valence-electron chi connectivity index (χ1n) is 10.6. The number of fused-ring (bicyclic) bond motifs is 1. The van der Waals surface area contributed by atoms with Gasteiger partial charge in [0.2, 0.25) is 5.91 Å². The Morgan fingerprint density at radius 3 is 2.70 bits per heavy atom. The average Bonchev–Trinajstić information content (AvgIpc) is 3.36. The van der Waals surface area contributed by atoms with Crippen LogP contribution >= 0.6 is 11.3 Å². The Morgan fingerprint density at radius 1 is 1.23 bits per heavy atom. The molecule has 1 atom stereocenters. The molecule has 0 saturated carbocycles. The molecule has 3 heterocycles.